The lowest BCUT2D eigenvalue weighted by atomic mass is 10.3. The number of benzene rings is 1. The molecule has 1 aromatic heterocycles. The van der Waals surface area contributed by atoms with Crippen molar-refractivity contribution in [3.8, 4) is 11.4 Å². The van der Waals surface area contributed by atoms with Gasteiger partial charge in [0.25, 0.3) is 0 Å². The first-order valence-corrected chi connectivity index (χ1v) is 7.41. The van der Waals surface area contributed by atoms with Gasteiger partial charge in [0.15, 0.2) is 5.96 Å². The number of hydrogen-bond donors (Lipinski definition) is 1. The van der Waals surface area contributed by atoms with Gasteiger partial charge in [0.2, 0.25) is 0 Å². The van der Waals surface area contributed by atoms with Crippen molar-refractivity contribution in [1.82, 2.24) is 14.7 Å². The first-order chi connectivity index (χ1) is 10.7. The third kappa shape index (κ3) is 3.78. The number of aliphatic imine (C=N–C) groups is 1. The molecule has 0 radical (unpaired) electrons. The lowest BCUT2D eigenvalue weighted by molar-refractivity contribution is 0.414. The van der Waals surface area contributed by atoms with Gasteiger partial charge in [-0.2, -0.15) is 5.10 Å². The van der Waals surface area contributed by atoms with Crippen LogP contribution in [0.25, 0.3) is 5.69 Å². The fraction of sp³-hybridized carbons (Fsp3) is 0.375. The Balaban J connectivity index is 2.06. The molecule has 0 atom stereocenters. The zero-order valence-electron chi connectivity index (χ0n) is 13.4. The van der Waals surface area contributed by atoms with Gasteiger partial charge in [-0.05, 0) is 44.2 Å². The van der Waals surface area contributed by atoms with Gasteiger partial charge < -0.3 is 15.4 Å². The molecule has 1 aromatic carbocycles. The summed E-state index contributed by atoms with van der Waals surface area (Å²) in [6, 6.07) is 9.69. The van der Waals surface area contributed by atoms with Crippen LogP contribution in [0.5, 0.6) is 5.75 Å². The van der Waals surface area contributed by atoms with Crippen molar-refractivity contribution < 1.29 is 4.74 Å². The molecule has 0 spiro atoms. The molecule has 6 heteroatoms. The number of nitrogens with zero attached hydrogens (tertiary/aromatic N) is 4. The summed E-state index contributed by atoms with van der Waals surface area (Å²) in [5.74, 6) is 1.39. The predicted octanol–water partition coefficient (Wildman–Crippen LogP) is 2.04. The number of nitrogens with two attached hydrogens (primary N) is 1. The van der Waals surface area contributed by atoms with E-state index >= 15 is 0 Å². The van der Waals surface area contributed by atoms with E-state index in [1.165, 1.54) is 0 Å². The van der Waals surface area contributed by atoms with Crippen molar-refractivity contribution in [2.24, 2.45) is 10.7 Å². The van der Waals surface area contributed by atoms with Crippen molar-refractivity contribution in [3.63, 3.8) is 0 Å². The summed E-state index contributed by atoms with van der Waals surface area (Å²) in [6.45, 7) is 6.30. The van der Waals surface area contributed by atoms with Crippen LogP contribution < -0.4 is 10.5 Å². The van der Waals surface area contributed by atoms with Crippen molar-refractivity contribution in [3.05, 3.63) is 42.2 Å². The first kappa shape index (κ1) is 15.9. The predicted molar refractivity (Wildman–Crippen MR) is 88.4 cm³/mol. The second kappa shape index (κ2) is 7.49. The standard InChI is InChI=1S/C16H23N5O/c1-4-20(5-2)16(17)18-12-13-10-11-21(19-13)14-6-8-15(22-3)9-7-14/h6-11H,4-5,12H2,1-3H3,(H2,17,18). The molecule has 2 aromatic rings. The van der Waals surface area contributed by atoms with E-state index in [4.69, 9.17) is 10.5 Å². The summed E-state index contributed by atoms with van der Waals surface area (Å²) in [6.07, 6.45) is 1.92. The molecular formula is C16H23N5O. The van der Waals surface area contributed by atoms with Crippen molar-refractivity contribution in [2.45, 2.75) is 20.4 Å². The summed E-state index contributed by atoms with van der Waals surface area (Å²) in [4.78, 5) is 6.41. The van der Waals surface area contributed by atoms with Gasteiger partial charge in [0.05, 0.1) is 25.0 Å². The average molecular weight is 301 g/mol. The highest BCUT2D eigenvalue weighted by atomic mass is 16.5. The van der Waals surface area contributed by atoms with Gasteiger partial charge in [0.1, 0.15) is 5.75 Å². The maximum absolute atomic E-state index is 5.96. The first-order valence-electron chi connectivity index (χ1n) is 7.41. The molecule has 6 nitrogen and oxygen atoms in total. The highest BCUT2D eigenvalue weighted by Gasteiger charge is 2.04. The lowest BCUT2D eigenvalue weighted by Crippen LogP contribution is -2.37. The maximum Gasteiger partial charge on any atom is 0.191 e. The Morgan fingerprint density at radius 3 is 2.50 bits per heavy atom. The Hall–Kier alpha value is -2.50. The second-order valence-electron chi connectivity index (χ2n) is 4.80. The molecule has 2 N–H and O–H groups in total. The summed E-state index contributed by atoms with van der Waals surface area (Å²) >= 11 is 0. The van der Waals surface area contributed by atoms with Gasteiger partial charge in [-0.3, -0.25) is 0 Å². The highest BCUT2D eigenvalue weighted by Crippen LogP contribution is 2.14. The number of rotatable bonds is 6. The largest absolute Gasteiger partial charge is 0.497 e. The summed E-state index contributed by atoms with van der Waals surface area (Å²) < 4.78 is 6.97. The third-order valence-corrected chi connectivity index (χ3v) is 3.47. The van der Waals surface area contributed by atoms with E-state index in [9.17, 15) is 0 Å². The monoisotopic (exact) mass is 301 g/mol. The van der Waals surface area contributed by atoms with E-state index in [2.05, 4.69) is 23.9 Å². The quantitative estimate of drug-likeness (QED) is 0.655. The van der Waals surface area contributed by atoms with Crippen molar-refractivity contribution in [2.75, 3.05) is 20.2 Å². The molecule has 0 fully saturated rings. The fourth-order valence-electron chi connectivity index (χ4n) is 2.13. The van der Waals surface area contributed by atoms with Gasteiger partial charge in [-0.15, -0.1) is 0 Å². The summed E-state index contributed by atoms with van der Waals surface area (Å²) in [7, 11) is 1.65. The van der Waals surface area contributed by atoms with Gasteiger partial charge in [0, 0.05) is 19.3 Å². The smallest absolute Gasteiger partial charge is 0.191 e. The van der Waals surface area contributed by atoms with E-state index in [1.807, 2.05) is 46.1 Å². The van der Waals surface area contributed by atoms with E-state index in [0.29, 0.717) is 12.5 Å². The molecule has 0 saturated heterocycles. The van der Waals surface area contributed by atoms with Crippen LogP contribution in [-0.2, 0) is 6.54 Å². The van der Waals surface area contributed by atoms with Gasteiger partial charge in [-0.1, -0.05) is 0 Å². The maximum atomic E-state index is 5.96. The number of guanidine groups is 1. The molecule has 0 aliphatic rings. The fourth-order valence-corrected chi connectivity index (χ4v) is 2.13. The summed E-state index contributed by atoms with van der Waals surface area (Å²) in [5, 5.41) is 4.51. The van der Waals surface area contributed by atoms with Crippen molar-refractivity contribution in [1.29, 1.82) is 0 Å². The number of ether oxygens (including phenoxy) is 1. The number of aromatic nitrogens is 2. The Labute approximate surface area is 131 Å². The van der Waals surface area contributed by atoms with Crippen molar-refractivity contribution >= 4 is 5.96 Å². The Morgan fingerprint density at radius 2 is 1.91 bits per heavy atom. The lowest BCUT2D eigenvalue weighted by Gasteiger charge is -2.19. The van der Waals surface area contributed by atoms with Crippen LogP contribution in [0.4, 0.5) is 0 Å². The van der Waals surface area contributed by atoms with E-state index in [-0.39, 0.29) is 0 Å². The van der Waals surface area contributed by atoms with Crippen LogP contribution in [0.3, 0.4) is 0 Å². The van der Waals surface area contributed by atoms with Crippen LogP contribution in [0.2, 0.25) is 0 Å². The van der Waals surface area contributed by atoms with E-state index < -0.39 is 0 Å². The van der Waals surface area contributed by atoms with Crippen LogP contribution in [0.15, 0.2) is 41.5 Å². The number of methoxy groups -OCH3 is 1. The zero-order chi connectivity index (χ0) is 15.9. The molecule has 0 bridgehead atoms. The number of hydrogen-bond acceptors (Lipinski definition) is 3. The molecule has 0 aliphatic heterocycles. The van der Waals surface area contributed by atoms with E-state index in [0.717, 1.165) is 30.2 Å². The van der Waals surface area contributed by atoms with Crippen LogP contribution in [0, 0.1) is 0 Å². The Morgan fingerprint density at radius 1 is 1.23 bits per heavy atom. The molecule has 1 heterocycles. The molecule has 118 valence electrons. The molecule has 0 saturated carbocycles. The molecule has 22 heavy (non-hydrogen) atoms. The molecule has 0 unspecified atom stereocenters. The highest BCUT2D eigenvalue weighted by molar-refractivity contribution is 5.77. The Bertz CT molecular complexity index is 614. The molecule has 0 aliphatic carbocycles. The van der Waals surface area contributed by atoms with Gasteiger partial charge in [-0.25, -0.2) is 9.67 Å². The molecular weight excluding hydrogens is 278 g/mol. The molecule has 0 amide bonds. The third-order valence-electron chi connectivity index (χ3n) is 3.47. The average Bonchev–Trinajstić information content (AvgIpc) is 3.03. The second-order valence-corrected chi connectivity index (χ2v) is 4.80. The normalized spacial score (nSPS) is 11.5. The van der Waals surface area contributed by atoms with Crippen LogP contribution in [0.1, 0.15) is 19.5 Å². The minimum Gasteiger partial charge on any atom is -0.497 e. The zero-order valence-corrected chi connectivity index (χ0v) is 13.4. The minimum atomic E-state index is 0.478. The van der Waals surface area contributed by atoms with Gasteiger partial charge >= 0.3 is 0 Å². The topological polar surface area (TPSA) is 68.7 Å². The molecule has 2 rings (SSSR count). The van der Waals surface area contributed by atoms with Crippen LogP contribution in [-0.4, -0.2) is 40.8 Å². The summed E-state index contributed by atoms with van der Waals surface area (Å²) in [5.41, 5.74) is 7.82. The van der Waals surface area contributed by atoms with Crippen LogP contribution >= 0.6 is 0 Å². The Kier molecular flexibility index (Phi) is 5.41. The van der Waals surface area contributed by atoms with E-state index in [1.54, 1.807) is 7.11 Å². The minimum absolute atomic E-state index is 0.478. The SMILES string of the molecule is CCN(CC)C(N)=NCc1ccn(-c2ccc(OC)cc2)n1.